The molecular formula is C42H26N4O. The lowest BCUT2D eigenvalue weighted by Crippen LogP contribution is -1.96. The van der Waals surface area contributed by atoms with E-state index in [1.807, 2.05) is 18.2 Å². The predicted molar refractivity (Wildman–Crippen MR) is 191 cm³/mol. The second-order valence-electron chi connectivity index (χ2n) is 11.9. The molecule has 0 aliphatic rings. The number of hydrogen-bond acceptors (Lipinski definition) is 3. The maximum absolute atomic E-state index is 6.77. The molecule has 220 valence electrons. The topological polar surface area (TPSA) is 48.3 Å². The Hall–Kier alpha value is -6.46. The highest BCUT2D eigenvalue weighted by Crippen LogP contribution is 2.41. The van der Waals surface area contributed by atoms with E-state index >= 15 is 0 Å². The van der Waals surface area contributed by atoms with Gasteiger partial charge in [-0.25, -0.2) is 9.97 Å². The van der Waals surface area contributed by atoms with Gasteiger partial charge in [-0.05, 0) is 65.7 Å². The van der Waals surface area contributed by atoms with Crippen molar-refractivity contribution in [2.24, 2.45) is 0 Å². The number of fused-ring (bicyclic) bond motifs is 8. The summed E-state index contributed by atoms with van der Waals surface area (Å²) in [7, 11) is 0. The van der Waals surface area contributed by atoms with Crippen LogP contribution in [0.2, 0.25) is 0 Å². The Balaban J connectivity index is 1.25. The molecule has 0 aliphatic carbocycles. The highest BCUT2D eigenvalue weighted by Gasteiger charge is 2.22. The van der Waals surface area contributed by atoms with Crippen LogP contribution in [0.1, 0.15) is 0 Å². The number of para-hydroxylation sites is 5. The minimum atomic E-state index is 0.813. The maximum Gasteiger partial charge on any atom is 0.220 e. The van der Waals surface area contributed by atoms with E-state index in [9.17, 15) is 0 Å². The van der Waals surface area contributed by atoms with Crippen molar-refractivity contribution in [3.63, 3.8) is 0 Å². The van der Waals surface area contributed by atoms with E-state index in [4.69, 9.17) is 14.4 Å². The molecule has 47 heavy (non-hydrogen) atoms. The Bertz CT molecular complexity index is 2730. The van der Waals surface area contributed by atoms with E-state index in [1.165, 1.54) is 0 Å². The van der Waals surface area contributed by atoms with Crippen LogP contribution in [0.3, 0.4) is 0 Å². The third-order valence-corrected chi connectivity index (χ3v) is 9.13. The molecule has 10 rings (SSSR count). The molecule has 0 radical (unpaired) electrons. The predicted octanol–water partition coefficient (Wildman–Crippen LogP) is 10.7. The summed E-state index contributed by atoms with van der Waals surface area (Å²) in [4.78, 5) is 10.3. The van der Waals surface area contributed by atoms with Gasteiger partial charge in [0.1, 0.15) is 11.2 Å². The van der Waals surface area contributed by atoms with Gasteiger partial charge >= 0.3 is 0 Å². The Morgan fingerprint density at radius 2 is 1.17 bits per heavy atom. The Labute approximate surface area is 269 Å². The summed E-state index contributed by atoms with van der Waals surface area (Å²) < 4.78 is 11.3. The fraction of sp³-hybridized carbons (Fsp3) is 0. The second kappa shape index (κ2) is 10.0. The van der Waals surface area contributed by atoms with Crippen molar-refractivity contribution in [3.8, 4) is 39.3 Å². The van der Waals surface area contributed by atoms with Crippen LogP contribution in [0.15, 0.2) is 162 Å². The third kappa shape index (κ3) is 3.90. The molecule has 0 unspecified atom stereocenters. The SMILES string of the molecule is c1ccc(-c2cc(-c3ccccc3)nc(-c3cccc4c3oc3cccc(-n5c6ccccc6n6c7ccccc7nc56)c34)c2)cc1. The van der Waals surface area contributed by atoms with Crippen molar-refractivity contribution in [2.75, 3.05) is 0 Å². The van der Waals surface area contributed by atoms with Crippen molar-refractivity contribution in [1.29, 1.82) is 0 Å². The molecule has 4 aromatic heterocycles. The molecule has 0 aliphatic heterocycles. The molecule has 4 heterocycles. The Morgan fingerprint density at radius 1 is 0.489 bits per heavy atom. The zero-order valence-electron chi connectivity index (χ0n) is 25.2. The first-order chi connectivity index (χ1) is 23.3. The van der Waals surface area contributed by atoms with E-state index in [0.717, 1.165) is 89.1 Å². The molecule has 0 saturated carbocycles. The minimum absolute atomic E-state index is 0.813. The standard InChI is InChI=1S/C42H26N4O/c1-3-13-27(14-4-1)29-25-33(28-15-5-2-6-16-28)43-34(26-29)30-17-11-18-31-40-38(23-12-24-39(40)47-41(30)31)46-37-22-10-9-21-36(37)45-35-20-8-7-19-32(35)44-42(45)46/h1-26H. The van der Waals surface area contributed by atoms with E-state index in [0.29, 0.717) is 0 Å². The molecule has 0 spiro atoms. The molecule has 5 nitrogen and oxygen atoms in total. The molecular weight excluding hydrogens is 576 g/mol. The van der Waals surface area contributed by atoms with Crippen LogP contribution in [0, 0.1) is 0 Å². The molecule has 0 fully saturated rings. The third-order valence-electron chi connectivity index (χ3n) is 9.13. The molecule has 0 amide bonds. The van der Waals surface area contributed by atoms with Crippen LogP contribution < -0.4 is 0 Å². The first-order valence-corrected chi connectivity index (χ1v) is 15.8. The van der Waals surface area contributed by atoms with E-state index in [2.05, 4.69) is 148 Å². The lowest BCUT2D eigenvalue weighted by molar-refractivity contribution is 0.669. The van der Waals surface area contributed by atoms with Crippen molar-refractivity contribution < 1.29 is 4.42 Å². The number of nitrogens with zero attached hydrogens (tertiary/aromatic N) is 4. The lowest BCUT2D eigenvalue weighted by Gasteiger charge is -2.11. The van der Waals surface area contributed by atoms with Crippen LogP contribution in [0.25, 0.3) is 89.1 Å². The summed E-state index contributed by atoms with van der Waals surface area (Å²) in [6.45, 7) is 0. The second-order valence-corrected chi connectivity index (χ2v) is 11.9. The van der Waals surface area contributed by atoms with Gasteiger partial charge in [0.2, 0.25) is 5.78 Å². The Morgan fingerprint density at radius 3 is 2.00 bits per heavy atom. The van der Waals surface area contributed by atoms with Crippen LogP contribution in [0.5, 0.6) is 0 Å². The average Bonchev–Trinajstić information content (AvgIpc) is 3.81. The maximum atomic E-state index is 6.77. The van der Waals surface area contributed by atoms with Gasteiger partial charge in [-0.2, -0.15) is 0 Å². The van der Waals surface area contributed by atoms with Gasteiger partial charge in [0.05, 0.1) is 44.5 Å². The van der Waals surface area contributed by atoms with Gasteiger partial charge in [0, 0.05) is 16.5 Å². The lowest BCUT2D eigenvalue weighted by atomic mass is 9.99. The highest BCUT2D eigenvalue weighted by atomic mass is 16.3. The summed E-state index contributed by atoms with van der Waals surface area (Å²) in [6.07, 6.45) is 0. The van der Waals surface area contributed by atoms with Gasteiger partial charge < -0.3 is 4.42 Å². The largest absolute Gasteiger partial charge is 0.455 e. The summed E-state index contributed by atoms with van der Waals surface area (Å²) >= 11 is 0. The highest BCUT2D eigenvalue weighted by molar-refractivity contribution is 6.13. The van der Waals surface area contributed by atoms with Crippen LogP contribution in [0.4, 0.5) is 0 Å². The fourth-order valence-corrected chi connectivity index (χ4v) is 7.03. The van der Waals surface area contributed by atoms with Gasteiger partial charge in [0.15, 0.2) is 0 Å². The molecule has 5 heteroatoms. The van der Waals surface area contributed by atoms with Gasteiger partial charge in [-0.3, -0.25) is 8.97 Å². The van der Waals surface area contributed by atoms with Crippen LogP contribution >= 0.6 is 0 Å². The van der Waals surface area contributed by atoms with Gasteiger partial charge in [0.25, 0.3) is 0 Å². The fourth-order valence-electron chi connectivity index (χ4n) is 7.03. The van der Waals surface area contributed by atoms with Crippen molar-refractivity contribution >= 4 is 49.8 Å². The van der Waals surface area contributed by atoms with Gasteiger partial charge in [-0.1, -0.05) is 103 Å². The number of benzene rings is 6. The summed E-state index contributed by atoms with van der Waals surface area (Å²) in [5, 5.41) is 2.08. The zero-order valence-corrected chi connectivity index (χ0v) is 25.2. The molecule has 0 bridgehead atoms. The van der Waals surface area contributed by atoms with Gasteiger partial charge in [-0.15, -0.1) is 0 Å². The molecule has 0 saturated heterocycles. The molecule has 0 N–H and O–H groups in total. The summed E-state index contributed by atoms with van der Waals surface area (Å²) in [6, 6.07) is 54.6. The van der Waals surface area contributed by atoms with Crippen molar-refractivity contribution in [3.05, 3.63) is 158 Å². The first kappa shape index (κ1) is 25.8. The normalized spacial score (nSPS) is 11.8. The average molecular weight is 603 g/mol. The number of imidazole rings is 2. The van der Waals surface area contributed by atoms with Crippen molar-refractivity contribution in [1.82, 2.24) is 18.9 Å². The number of aromatic nitrogens is 4. The van der Waals surface area contributed by atoms with Crippen LogP contribution in [-0.2, 0) is 0 Å². The van der Waals surface area contributed by atoms with E-state index < -0.39 is 0 Å². The number of rotatable bonds is 4. The monoisotopic (exact) mass is 602 g/mol. The van der Waals surface area contributed by atoms with E-state index in [1.54, 1.807) is 0 Å². The van der Waals surface area contributed by atoms with Crippen molar-refractivity contribution in [2.45, 2.75) is 0 Å². The van der Waals surface area contributed by atoms with E-state index in [-0.39, 0.29) is 0 Å². The minimum Gasteiger partial charge on any atom is -0.455 e. The molecule has 0 atom stereocenters. The quantitative estimate of drug-likeness (QED) is 0.201. The Kier molecular flexibility index (Phi) is 5.51. The molecule has 6 aromatic carbocycles. The summed E-state index contributed by atoms with van der Waals surface area (Å²) in [5.41, 5.74) is 13.0. The summed E-state index contributed by atoms with van der Waals surface area (Å²) in [5.74, 6) is 0.870. The zero-order chi connectivity index (χ0) is 30.9. The smallest absolute Gasteiger partial charge is 0.220 e. The molecule has 10 aromatic rings. The number of hydrogen-bond donors (Lipinski definition) is 0. The van der Waals surface area contributed by atoms with Crippen LogP contribution in [-0.4, -0.2) is 18.9 Å². The number of pyridine rings is 1. The number of furan rings is 1. The first-order valence-electron chi connectivity index (χ1n) is 15.8.